The Bertz CT molecular complexity index is 350. The minimum absolute atomic E-state index is 0.0455. The van der Waals surface area contributed by atoms with Gasteiger partial charge in [-0.05, 0) is 19.1 Å². The third-order valence-electron chi connectivity index (χ3n) is 1.76. The van der Waals surface area contributed by atoms with E-state index in [4.69, 9.17) is 0 Å². The molecule has 0 aromatic heterocycles. The zero-order valence-corrected chi connectivity index (χ0v) is 7.33. The van der Waals surface area contributed by atoms with Crippen LogP contribution in [0.3, 0.4) is 0 Å². The van der Waals surface area contributed by atoms with E-state index in [0.717, 1.165) is 0 Å². The van der Waals surface area contributed by atoms with Gasteiger partial charge in [0.1, 0.15) is 11.5 Å². The Balaban J connectivity index is 3.10. The number of alkyl halides is 2. The highest BCUT2D eigenvalue weighted by Gasteiger charge is 2.12. The van der Waals surface area contributed by atoms with Crippen molar-refractivity contribution in [3.8, 4) is 11.5 Å². The average Bonchev–Trinajstić information content (AvgIpc) is 2.13. The normalized spacial score (nSPS) is 10.3. The summed E-state index contributed by atoms with van der Waals surface area (Å²) in [5.74, 6) is -0.471. The molecular formula is C9H8F2O3. The first-order chi connectivity index (χ1) is 6.56. The summed E-state index contributed by atoms with van der Waals surface area (Å²) in [4.78, 5) is 10.4. The summed E-state index contributed by atoms with van der Waals surface area (Å²) in [5, 5.41) is 9.34. The van der Waals surface area contributed by atoms with E-state index >= 15 is 0 Å². The molecule has 76 valence electrons. The van der Waals surface area contributed by atoms with E-state index in [9.17, 15) is 18.7 Å². The summed E-state index contributed by atoms with van der Waals surface area (Å²) in [6, 6.07) is 2.43. The Kier molecular flexibility index (Phi) is 3.01. The maximum Gasteiger partial charge on any atom is 0.387 e. The van der Waals surface area contributed by atoms with Crippen molar-refractivity contribution < 1.29 is 23.4 Å². The van der Waals surface area contributed by atoms with Gasteiger partial charge in [-0.25, -0.2) is 0 Å². The summed E-state index contributed by atoms with van der Waals surface area (Å²) >= 11 is 0. The summed E-state index contributed by atoms with van der Waals surface area (Å²) in [6.45, 7) is -1.56. The molecule has 0 unspecified atom stereocenters. The monoisotopic (exact) mass is 202 g/mol. The van der Waals surface area contributed by atoms with E-state index in [0.29, 0.717) is 6.29 Å². The van der Waals surface area contributed by atoms with Gasteiger partial charge < -0.3 is 9.84 Å². The fourth-order valence-corrected chi connectivity index (χ4v) is 1.02. The van der Waals surface area contributed by atoms with Crippen molar-refractivity contribution in [3.05, 3.63) is 23.3 Å². The van der Waals surface area contributed by atoms with Gasteiger partial charge in [-0.15, -0.1) is 0 Å². The van der Waals surface area contributed by atoms with Crippen LogP contribution < -0.4 is 4.74 Å². The number of aromatic hydroxyl groups is 1. The van der Waals surface area contributed by atoms with Crippen molar-refractivity contribution in [2.45, 2.75) is 13.5 Å². The van der Waals surface area contributed by atoms with Gasteiger partial charge in [0.15, 0.2) is 6.29 Å². The van der Waals surface area contributed by atoms with Crippen LogP contribution in [-0.2, 0) is 0 Å². The zero-order valence-electron chi connectivity index (χ0n) is 7.33. The molecule has 0 aliphatic rings. The summed E-state index contributed by atoms with van der Waals surface area (Å²) < 4.78 is 27.8. The van der Waals surface area contributed by atoms with E-state index in [-0.39, 0.29) is 22.6 Å². The van der Waals surface area contributed by atoms with Crippen LogP contribution in [0, 0.1) is 6.92 Å². The van der Waals surface area contributed by atoms with Crippen molar-refractivity contribution >= 4 is 6.29 Å². The van der Waals surface area contributed by atoms with Crippen molar-refractivity contribution in [1.82, 2.24) is 0 Å². The number of ether oxygens (including phenoxy) is 1. The van der Waals surface area contributed by atoms with E-state index in [2.05, 4.69) is 4.74 Å². The smallest absolute Gasteiger partial charge is 0.387 e. The maximum absolute atomic E-state index is 11.8. The highest BCUT2D eigenvalue weighted by molar-refractivity contribution is 5.80. The quantitative estimate of drug-likeness (QED) is 0.763. The molecule has 0 amide bonds. The molecule has 1 rings (SSSR count). The third-order valence-corrected chi connectivity index (χ3v) is 1.76. The van der Waals surface area contributed by atoms with Gasteiger partial charge in [-0.2, -0.15) is 8.78 Å². The number of carbonyl (C=O) groups is 1. The summed E-state index contributed by atoms with van der Waals surface area (Å²) in [7, 11) is 0. The molecule has 0 spiro atoms. The van der Waals surface area contributed by atoms with Crippen molar-refractivity contribution in [3.63, 3.8) is 0 Å². The molecule has 14 heavy (non-hydrogen) atoms. The van der Waals surface area contributed by atoms with Crippen molar-refractivity contribution in [1.29, 1.82) is 0 Å². The molecule has 1 N–H and O–H groups in total. The molecule has 0 aliphatic carbocycles. The molecular weight excluding hydrogens is 194 g/mol. The Morgan fingerprint density at radius 3 is 2.64 bits per heavy atom. The van der Waals surface area contributed by atoms with E-state index in [1.54, 1.807) is 0 Å². The van der Waals surface area contributed by atoms with Crippen LogP contribution in [-0.4, -0.2) is 18.0 Å². The number of benzene rings is 1. The summed E-state index contributed by atoms with van der Waals surface area (Å²) in [6.07, 6.45) is 0.439. The lowest BCUT2D eigenvalue weighted by atomic mass is 10.1. The highest BCUT2D eigenvalue weighted by Crippen LogP contribution is 2.30. The van der Waals surface area contributed by atoms with Gasteiger partial charge in [0.2, 0.25) is 0 Å². The second kappa shape index (κ2) is 4.04. The Morgan fingerprint density at radius 2 is 2.14 bits per heavy atom. The van der Waals surface area contributed by atoms with Gasteiger partial charge in [0, 0.05) is 5.56 Å². The number of hydrogen-bond donors (Lipinski definition) is 1. The minimum Gasteiger partial charge on any atom is -0.507 e. The number of phenols is 1. The molecule has 3 nitrogen and oxygen atoms in total. The molecule has 0 bridgehead atoms. The van der Waals surface area contributed by atoms with E-state index < -0.39 is 6.61 Å². The van der Waals surface area contributed by atoms with Crippen LogP contribution in [0.2, 0.25) is 0 Å². The van der Waals surface area contributed by atoms with E-state index in [1.165, 1.54) is 19.1 Å². The second-order valence-corrected chi connectivity index (χ2v) is 2.62. The van der Waals surface area contributed by atoms with Crippen LogP contribution >= 0.6 is 0 Å². The number of rotatable bonds is 3. The maximum atomic E-state index is 11.8. The lowest BCUT2D eigenvalue weighted by Gasteiger charge is -2.09. The highest BCUT2D eigenvalue weighted by atomic mass is 19.3. The number of hydrogen-bond acceptors (Lipinski definition) is 3. The minimum atomic E-state index is -2.95. The largest absolute Gasteiger partial charge is 0.507 e. The van der Waals surface area contributed by atoms with Crippen LogP contribution in [0.15, 0.2) is 12.1 Å². The van der Waals surface area contributed by atoms with Gasteiger partial charge in [0.25, 0.3) is 0 Å². The first kappa shape index (κ1) is 10.4. The first-order valence-corrected chi connectivity index (χ1v) is 3.78. The Labute approximate surface area is 78.9 Å². The fourth-order valence-electron chi connectivity index (χ4n) is 1.02. The molecule has 5 heteroatoms. The predicted octanol–water partition coefficient (Wildman–Crippen LogP) is 2.11. The van der Waals surface area contributed by atoms with Crippen molar-refractivity contribution in [2.75, 3.05) is 0 Å². The van der Waals surface area contributed by atoms with Crippen molar-refractivity contribution in [2.24, 2.45) is 0 Å². The molecule has 0 saturated heterocycles. The first-order valence-electron chi connectivity index (χ1n) is 3.78. The van der Waals surface area contributed by atoms with E-state index in [1.807, 2.05) is 0 Å². The van der Waals surface area contributed by atoms with Gasteiger partial charge in [-0.3, -0.25) is 4.79 Å². The molecule has 0 atom stereocenters. The standard InChI is InChI=1S/C9H8F2O3/c1-5-7(14-9(10)11)3-2-6(4-12)8(5)13/h2-4,9,13H,1H3. The average molecular weight is 202 g/mol. The third kappa shape index (κ3) is 1.99. The Hall–Kier alpha value is -1.65. The van der Waals surface area contributed by atoms with Gasteiger partial charge in [-0.1, -0.05) is 0 Å². The molecule has 0 heterocycles. The Morgan fingerprint density at radius 1 is 1.50 bits per heavy atom. The SMILES string of the molecule is Cc1c(OC(F)F)ccc(C=O)c1O. The molecule has 1 aromatic carbocycles. The number of phenolic OH excluding ortho intramolecular Hbond substituents is 1. The molecule has 0 saturated carbocycles. The van der Waals surface area contributed by atoms with Gasteiger partial charge >= 0.3 is 6.61 Å². The number of carbonyl (C=O) groups excluding carboxylic acids is 1. The predicted molar refractivity (Wildman–Crippen MR) is 44.9 cm³/mol. The second-order valence-electron chi connectivity index (χ2n) is 2.62. The topological polar surface area (TPSA) is 46.5 Å². The van der Waals surface area contributed by atoms with Gasteiger partial charge in [0.05, 0.1) is 5.56 Å². The lowest BCUT2D eigenvalue weighted by Crippen LogP contribution is -2.03. The molecule has 0 radical (unpaired) electrons. The lowest BCUT2D eigenvalue weighted by molar-refractivity contribution is -0.0503. The molecule has 0 aliphatic heterocycles. The zero-order chi connectivity index (χ0) is 10.7. The summed E-state index contributed by atoms with van der Waals surface area (Å²) in [5.41, 5.74) is 0.166. The van der Waals surface area contributed by atoms with Crippen LogP contribution in [0.25, 0.3) is 0 Å². The fraction of sp³-hybridized carbons (Fsp3) is 0.222. The number of halogens is 2. The van der Waals surface area contributed by atoms with Crippen LogP contribution in [0.1, 0.15) is 15.9 Å². The van der Waals surface area contributed by atoms with Crippen LogP contribution in [0.5, 0.6) is 11.5 Å². The molecule has 1 aromatic rings. The number of aldehydes is 1. The molecule has 0 fully saturated rings. The van der Waals surface area contributed by atoms with Crippen LogP contribution in [0.4, 0.5) is 8.78 Å².